The number of benzene rings is 1. The number of imidazole rings is 1. The molecule has 0 saturated heterocycles. The maximum atomic E-state index is 8.85. The van der Waals surface area contributed by atoms with Crippen LogP contribution in [0.1, 0.15) is 31.7 Å². The second-order valence-corrected chi connectivity index (χ2v) is 4.22. The van der Waals surface area contributed by atoms with Gasteiger partial charge in [-0.1, -0.05) is 6.92 Å². The van der Waals surface area contributed by atoms with Gasteiger partial charge in [0.25, 0.3) is 0 Å². The van der Waals surface area contributed by atoms with Crippen LogP contribution >= 0.6 is 0 Å². The highest BCUT2D eigenvalue weighted by atomic mass is 16.5. The van der Waals surface area contributed by atoms with E-state index in [1.807, 2.05) is 13.0 Å². The van der Waals surface area contributed by atoms with Gasteiger partial charge in [-0.2, -0.15) is 5.26 Å². The number of hydrogen-bond donors (Lipinski definition) is 1. The summed E-state index contributed by atoms with van der Waals surface area (Å²) >= 11 is 0. The molecule has 88 valence electrons. The molecule has 1 N–H and O–H groups in total. The van der Waals surface area contributed by atoms with Gasteiger partial charge in [-0.25, -0.2) is 4.98 Å². The quantitative estimate of drug-likeness (QED) is 0.880. The Morgan fingerprint density at radius 3 is 2.88 bits per heavy atom. The number of aromatic nitrogens is 2. The molecule has 1 atom stereocenters. The number of nitrogens with one attached hydrogen (secondary N) is 1. The number of fused-ring (bicyclic) bond motifs is 1. The molecule has 0 saturated carbocycles. The third-order valence-corrected chi connectivity index (χ3v) is 3.24. The summed E-state index contributed by atoms with van der Waals surface area (Å²) in [5.41, 5.74) is 1.95. The fourth-order valence-corrected chi connectivity index (χ4v) is 1.74. The highest BCUT2D eigenvalue weighted by Crippen LogP contribution is 2.27. The highest BCUT2D eigenvalue weighted by Gasteiger charge is 2.27. The molecule has 0 spiro atoms. The van der Waals surface area contributed by atoms with Crippen molar-refractivity contribution in [1.29, 1.82) is 5.26 Å². The summed E-state index contributed by atoms with van der Waals surface area (Å²) in [4.78, 5) is 7.74. The van der Waals surface area contributed by atoms with Gasteiger partial charge in [0.2, 0.25) is 0 Å². The average Bonchev–Trinajstić information content (AvgIpc) is 2.80. The van der Waals surface area contributed by atoms with E-state index in [1.165, 1.54) is 0 Å². The molecule has 4 heteroatoms. The summed E-state index contributed by atoms with van der Waals surface area (Å²) < 4.78 is 5.50. The van der Waals surface area contributed by atoms with Gasteiger partial charge < -0.3 is 9.72 Å². The van der Waals surface area contributed by atoms with E-state index in [0.717, 1.165) is 23.3 Å². The minimum atomic E-state index is -0.411. The molecule has 2 aromatic rings. The minimum Gasteiger partial charge on any atom is -0.371 e. The number of hydrogen-bond acceptors (Lipinski definition) is 3. The summed E-state index contributed by atoms with van der Waals surface area (Å²) in [5, 5.41) is 8.85. The summed E-state index contributed by atoms with van der Waals surface area (Å²) in [5.74, 6) is 0.799. The summed E-state index contributed by atoms with van der Waals surface area (Å²) in [6.07, 6.45) is 0.828. The molecule has 1 unspecified atom stereocenters. The zero-order valence-electron chi connectivity index (χ0n) is 10.2. The number of aromatic amines is 1. The molecule has 0 aliphatic carbocycles. The fourth-order valence-electron chi connectivity index (χ4n) is 1.74. The number of ether oxygens (including phenoxy) is 1. The summed E-state index contributed by atoms with van der Waals surface area (Å²) in [7, 11) is 1.68. The van der Waals surface area contributed by atoms with E-state index in [2.05, 4.69) is 23.0 Å². The predicted molar refractivity (Wildman–Crippen MR) is 65.5 cm³/mol. The molecule has 0 aliphatic rings. The topological polar surface area (TPSA) is 61.7 Å². The van der Waals surface area contributed by atoms with E-state index < -0.39 is 5.60 Å². The number of nitriles is 1. The van der Waals surface area contributed by atoms with Gasteiger partial charge in [-0.05, 0) is 31.5 Å². The average molecular weight is 229 g/mol. The molecule has 0 radical (unpaired) electrons. The van der Waals surface area contributed by atoms with Gasteiger partial charge in [0.05, 0.1) is 22.7 Å². The molecule has 0 aliphatic heterocycles. The van der Waals surface area contributed by atoms with E-state index in [4.69, 9.17) is 10.00 Å². The van der Waals surface area contributed by atoms with Crippen molar-refractivity contribution in [3.05, 3.63) is 29.6 Å². The minimum absolute atomic E-state index is 0.411. The maximum absolute atomic E-state index is 8.85. The Hall–Kier alpha value is -1.86. The molecule has 2 rings (SSSR count). The van der Waals surface area contributed by atoms with E-state index in [-0.39, 0.29) is 0 Å². The highest BCUT2D eigenvalue weighted by molar-refractivity contribution is 5.76. The Morgan fingerprint density at radius 2 is 2.29 bits per heavy atom. The molecule has 1 aromatic heterocycles. The zero-order chi connectivity index (χ0) is 12.5. The van der Waals surface area contributed by atoms with Gasteiger partial charge in [0.1, 0.15) is 11.4 Å². The first-order valence-corrected chi connectivity index (χ1v) is 5.58. The fraction of sp³-hybridized carbons (Fsp3) is 0.385. The smallest absolute Gasteiger partial charge is 0.139 e. The Kier molecular flexibility index (Phi) is 2.86. The van der Waals surface area contributed by atoms with Crippen LogP contribution in [-0.4, -0.2) is 17.1 Å². The number of methoxy groups -OCH3 is 1. The SMILES string of the molecule is CCC(C)(OC)c1nc2ccc(C#N)cc2[nH]1. The molecular formula is C13H15N3O. The Morgan fingerprint density at radius 1 is 1.53 bits per heavy atom. The molecule has 4 nitrogen and oxygen atoms in total. The third-order valence-electron chi connectivity index (χ3n) is 3.24. The third kappa shape index (κ3) is 1.90. The Balaban J connectivity index is 2.55. The van der Waals surface area contributed by atoms with Gasteiger partial charge >= 0.3 is 0 Å². The number of rotatable bonds is 3. The molecular weight excluding hydrogens is 214 g/mol. The van der Waals surface area contributed by atoms with Gasteiger partial charge in [0.15, 0.2) is 0 Å². The van der Waals surface area contributed by atoms with Crippen molar-refractivity contribution in [3.63, 3.8) is 0 Å². The van der Waals surface area contributed by atoms with Crippen LogP contribution in [0.3, 0.4) is 0 Å². The van der Waals surface area contributed by atoms with Crippen LogP contribution in [0.5, 0.6) is 0 Å². The van der Waals surface area contributed by atoms with Crippen LogP contribution in [0.15, 0.2) is 18.2 Å². The molecule has 0 amide bonds. The normalized spacial score (nSPS) is 14.5. The first-order valence-electron chi connectivity index (χ1n) is 5.58. The van der Waals surface area contributed by atoms with Crippen molar-refractivity contribution in [3.8, 4) is 6.07 Å². The van der Waals surface area contributed by atoms with E-state index in [9.17, 15) is 0 Å². The van der Waals surface area contributed by atoms with Crippen LogP contribution in [0.4, 0.5) is 0 Å². The predicted octanol–water partition coefficient (Wildman–Crippen LogP) is 2.71. The van der Waals surface area contributed by atoms with Gasteiger partial charge in [-0.15, -0.1) is 0 Å². The summed E-state index contributed by atoms with van der Waals surface area (Å²) in [6.45, 7) is 4.05. The van der Waals surface area contributed by atoms with Crippen LogP contribution < -0.4 is 0 Å². The van der Waals surface area contributed by atoms with Crippen molar-refractivity contribution in [2.45, 2.75) is 25.9 Å². The van der Waals surface area contributed by atoms with Crippen molar-refractivity contribution >= 4 is 11.0 Å². The molecule has 0 fully saturated rings. The first kappa shape index (κ1) is 11.6. The van der Waals surface area contributed by atoms with Crippen molar-refractivity contribution < 1.29 is 4.74 Å². The van der Waals surface area contributed by atoms with Crippen molar-refractivity contribution in [2.75, 3.05) is 7.11 Å². The van der Waals surface area contributed by atoms with Gasteiger partial charge in [0, 0.05) is 7.11 Å². The maximum Gasteiger partial charge on any atom is 0.139 e. The second kappa shape index (κ2) is 4.19. The molecule has 0 bridgehead atoms. The monoisotopic (exact) mass is 229 g/mol. The lowest BCUT2D eigenvalue weighted by atomic mass is 10.0. The van der Waals surface area contributed by atoms with Crippen molar-refractivity contribution in [2.24, 2.45) is 0 Å². The lowest BCUT2D eigenvalue weighted by molar-refractivity contribution is -0.00803. The number of H-pyrrole nitrogens is 1. The van der Waals surface area contributed by atoms with Crippen LogP contribution in [0.25, 0.3) is 11.0 Å². The van der Waals surface area contributed by atoms with E-state index in [1.54, 1.807) is 19.2 Å². The Labute approximate surface area is 100 Å². The summed E-state index contributed by atoms with van der Waals surface area (Å²) in [6, 6.07) is 7.53. The lowest BCUT2D eigenvalue weighted by Crippen LogP contribution is -2.24. The van der Waals surface area contributed by atoms with Crippen LogP contribution in [0.2, 0.25) is 0 Å². The van der Waals surface area contributed by atoms with Crippen LogP contribution in [0, 0.1) is 11.3 Å². The standard InChI is InChI=1S/C13H15N3O/c1-4-13(2,17-3)12-15-10-6-5-9(8-14)7-11(10)16-12/h5-7H,4H2,1-3H3,(H,15,16). The van der Waals surface area contributed by atoms with E-state index >= 15 is 0 Å². The van der Waals surface area contributed by atoms with E-state index in [0.29, 0.717) is 5.56 Å². The molecule has 17 heavy (non-hydrogen) atoms. The van der Waals surface area contributed by atoms with Crippen LogP contribution in [-0.2, 0) is 10.3 Å². The largest absolute Gasteiger partial charge is 0.371 e. The lowest BCUT2D eigenvalue weighted by Gasteiger charge is -2.23. The number of nitrogens with zero attached hydrogens (tertiary/aromatic N) is 2. The van der Waals surface area contributed by atoms with Crippen molar-refractivity contribution in [1.82, 2.24) is 9.97 Å². The Bertz CT molecular complexity index is 576. The first-order chi connectivity index (χ1) is 8.12. The van der Waals surface area contributed by atoms with Gasteiger partial charge in [-0.3, -0.25) is 0 Å². The molecule has 1 heterocycles. The zero-order valence-corrected chi connectivity index (χ0v) is 10.2. The second-order valence-electron chi connectivity index (χ2n) is 4.22. The molecule has 1 aromatic carbocycles.